The van der Waals surface area contributed by atoms with Gasteiger partial charge in [-0.25, -0.2) is 9.78 Å². The summed E-state index contributed by atoms with van der Waals surface area (Å²) in [5, 5.41) is 10.8. The number of nitrogens with zero attached hydrogens (tertiary/aromatic N) is 5. The summed E-state index contributed by atoms with van der Waals surface area (Å²) in [6, 6.07) is 10.8. The second-order valence-corrected chi connectivity index (χ2v) is 10.1. The van der Waals surface area contributed by atoms with Crippen molar-refractivity contribution in [3.8, 4) is 9.88 Å². The number of urea groups is 1. The topological polar surface area (TPSA) is 82.8 Å². The van der Waals surface area contributed by atoms with Gasteiger partial charge in [-0.2, -0.15) is 9.61 Å². The summed E-state index contributed by atoms with van der Waals surface area (Å²) in [5.41, 5.74) is 2.11. The minimum Gasteiger partial charge on any atom is -0.322 e. The molecule has 4 heterocycles. The minimum absolute atomic E-state index is 0.136. The Balaban J connectivity index is 1.22. The highest BCUT2D eigenvalue weighted by atomic mass is 35.5. The first-order valence-electron chi connectivity index (χ1n) is 10.4. The van der Waals surface area contributed by atoms with E-state index in [-0.39, 0.29) is 11.6 Å². The summed E-state index contributed by atoms with van der Waals surface area (Å²) in [5.74, 6) is 0. The fourth-order valence-corrected chi connectivity index (χ4v) is 5.60. The van der Waals surface area contributed by atoms with Crippen molar-refractivity contribution in [3.05, 3.63) is 68.4 Å². The molecule has 1 aliphatic heterocycles. The maximum atomic E-state index is 12.7. The van der Waals surface area contributed by atoms with E-state index in [1.165, 1.54) is 15.9 Å². The van der Waals surface area contributed by atoms with Crippen LogP contribution in [-0.2, 0) is 6.54 Å². The SMILES string of the molecule is Cc1c(Cl)cccc1NC(=O)N1CCN(Cc2cc(=O)n3nc(-c4cccs4)sc3n2)CC1. The molecule has 1 saturated heterocycles. The average molecular weight is 501 g/mol. The van der Waals surface area contributed by atoms with E-state index in [0.717, 1.165) is 21.1 Å². The van der Waals surface area contributed by atoms with Crippen LogP contribution in [0.3, 0.4) is 0 Å². The lowest BCUT2D eigenvalue weighted by molar-refractivity contribution is 0.142. The Kier molecular flexibility index (Phi) is 6.15. The molecular weight excluding hydrogens is 480 g/mol. The molecule has 0 aliphatic carbocycles. The monoisotopic (exact) mass is 500 g/mol. The summed E-state index contributed by atoms with van der Waals surface area (Å²) >= 11 is 9.15. The number of anilines is 1. The minimum atomic E-state index is -0.177. The van der Waals surface area contributed by atoms with Gasteiger partial charge in [0.05, 0.1) is 10.6 Å². The highest BCUT2D eigenvalue weighted by molar-refractivity contribution is 7.23. The number of rotatable bonds is 4. The number of fused-ring (bicyclic) bond motifs is 1. The lowest BCUT2D eigenvalue weighted by atomic mass is 10.2. The van der Waals surface area contributed by atoms with Gasteiger partial charge < -0.3 is 10.2 Å². The average Bonchev–Trinajstić information content (AvgIpc) is 3.47. The Morgan fingerprint density at radius 2 is 2.00 bits per heavy atom. The highest BCUT2D eigenvalue weighted by Gasteiger charge is 2.22. The molecule has 1 aliphatic rings. The molecule has 0 spiro atoms. The molecule has 3 aromatic heterocycles. The molecule has 1 N–H and O–H groups in total. The molecule has 2 amide bonds. The second-order valence-electron chi connectivity index (χ2n) is 7.77. The molecule has 8 nitrogen and oxygen atoms in total. The van der Waals surface area contributed by atoms with Crippen LogP contribution in [0, 0.1) is 6.92 Å². The molecule has 0 radical (unpaired) electrons. The number of amides is 2. The molecule has 11 heteroatoms. The van der Waals surface area contributed by atoms with E-state index in [1.54, 1.807) is 28.4 Å². The van der Waals surface area contributed by atoms with Crippen molar-refractivity contribution in [3.63, 3.8) is 0 Å². The third kappa shape index (κ3) is 4.65. The number of halogens is 1. The van der Waals surface area contributed by atoms with Gasteiger partial charge in [-0.3, -0.25) is 9.69 Å². The fraction of sp³-hybridized carbons (Fsp3) is 0.273. The van der Waals surface area contributed by atoms with E-state index in [0.29, 0.717) is 48.4 Å². The van der Waals surface area contributed by atoms with Crippen LogP contribution in [0.25, 0.3) is 14.8 Å². The van der Waals surface area contributed by atoms with Crippen molar-refractivity contribution in [2.45, 2.75) is 13.5 Å². The molecule has 33 heavy (non-hydrogen) atoms. The number of aromatic nitrogens is 3. The van der Waals surface area contributed by atoms with Crippen molar-refractivity contribution in [2.75, 3.05) is 31.5 Å². The Morgan fingerprint density at radius 1 is 1.18 bits per heavy atom. The first kappa shape index (κ1) is 22.0. The lowest BCUT2D eigenvalue weighted by Gasteiger charge is -2.34. The number of carbonyl (C=O) groups is 1. The molecule has 4 aromatic rings. The van der Waals surface area contributed by atoms with Gasteiger partial charge in [-0.15, -0.1) is 11.3 Å². The van der Waals surface area contributed by atoms with Gasteiger partial charge in [-0.1, -0.05) is 35.1 Å². The summed E-state index contributed by atoms with van der Waals surface area (Å²) in [4.78, 5) is 35.5. The van der Waals surface area contributed by atoms with Crippen LogP contribution in [0.15, 0.2) is 46.6 Å². The van der Waals surface area contributed by atoms with Crippen LogP contribution in [0.1, 0.15) is 11.3 Å². The number of piperazine rings is 1. The van der Waals surface area contributed by atoms with E-state index in [4.69, 9.17) is 11.6 Å². The zero-order chi connectivity index (χ0) is 22.9. The third-order valence-corrected chi connectivity index (χ3v) is 7.94. The highest BCUT2D eigenvalue weighted by Crippen LogP contribution is 2.28. The van der Waals surface area contributed by atoms with E-state index in [1.807, 2.05) is 36.6 Å². The number of benzene rings is 1. The quantitative estimate of drug-likeness (QED) is 0.454. The number of thiophene rings is 1. The maximum Gasteiger partial charge on any atom is 0.321 e. The van der Waals surface area contributed by atoms with E-state index in [2.05, 4.69) is 20.3 Å². The molecule has 1 fully saturated rings. The summed E-state index contributed by atoms with van der Waals surface area (Å²) in [7, 11) is 0. The summed E-state index contributed by atoms with van der Waals surface area (Å²) in [6.07, 6.45) is 0. The van der Waals surface area contributed by atoms with Crippen molar-refractivity contribution in [1.82, 2.24) is 24.4 Å². The van der Waals surface area contributed by atoms with Gasteiger partial charge in [0, 0.05) is 49.5 Å². The Hall–Kier alpha value is -2.79. The molecule has 5 rings (SSSR count). The number of nitrogens with one attached hydrogen (secondary N) is 1. The zero-order valence-electron chi connectivity index (χ0n) is 17.8. The lowest BCUT2D eigenvalue weighted by Crippen LogP contribution is -2.49. The van der Waals surface area contributed by atoms with Crippen molar-refractivity contribution < 1.29 is 4.79 Å². The van der Waals surface area contributed by atoms with E-state index < -0.39 is 0 Å². The normalized spacial score (nSPS) is 14.7. The van der Waals surface area contributed by atoms with Gasteiger partial charge >= 0.3 is 6.03 Å². The summed E-state index contributed by atoms with van der Waals surface area (Å²) < 4.78 is 1.36. The Bertz CT molecular complexity index is 1360. The zero-order valence-corrected chi connectivity index (χ0v) is 20.2. The molecule has 170 valence electrons. The van der Waals surface area contributed by atoms with Gasteiger partial charge in [0.2, 0.25) is 4.96 Å². The molecule has 0 atom stereocenters. The predicted octanol–water partition coefficient (Wildman–Crippen LogP) is 4.19. The number of carbonyl (C=O) groups excluding carboxylic acids is 1. The van der Waals surface area contributed by atoms with Crippen molar-refractivity contribution in [2.24, 2.45) is 0 Å². The Morgan fingerprint density at radius 3 is 2.76 bits per heavy atom. The van der Waals surface area contributed by atoms with Crippen LogP contribution in [0.5, 0.6) is 0 Å². The molecule has 0 bridgehead atoms. The molecular formula is C22H21ClN6O2S2. The van der Waals surface area contributed by atoms with Gasteiger partial charge in [0.15, 0.2) is 5.01 Å². The van der Waals surface area contributed by atoms with Crippen LogP contribution in [-0.4, -0.2) is 56.6 Å². The number of hydrogen-bond donors (Lipinski definition) is 1. The van der Waals surface area contributed by atoms with Crippen molar-refractivity contribution in [1.29, 1.82) is 0 Å². The third-order valence-electron chi connectivity index (χ3n) is 5.58. The van der Waals surface area contributed by atoms with Crippen LogP contribution in [0.4, 0.5) is 10.5 Å². The van der Waals surface area contributed by atoms with E-state index >= 15 is 0 Å². The van der Waals surface area contributed by atoms with Gasteiger partial charge in [0.1, 0.15) is 0 Å². The van der Waals surface area contributed by atoms with E-state index in [9.17, 15) is 9.59 Å². The first-order chi connectivity index (χ1) is 16.0. The molecule has 0 saturated carbocycles. The fourth-order valence-electron chi connectivity index (χ4n) is 3.71. The predicted molar refractivity (Wildman–Crippen MR) is 133 cm³/mol. The van der Waals surface area contributed by atoms with Crippen LogP contribution < -0.4 is 10.9 Å². The largest absolute Gasteiger partial charge is 0.322 e. The second kappa shape index (κ2) is 9.22. The smallest absolute Gasteiger partial charge is 0.321 e. The van der Waals surface area contributed by atoms with Crippen molar-refractivity contribution >= 4 is 51.0 Å². The Labute approximate surface area is 203 Å². The van der Waals surface area contributed by atoms with Crippen LogP contribution >= 0.6 is 34.3 Å². The van der Waals surface area contributed by atoms with Crippen LogP contribution in [0.2, 0.25) is 5.02 Å². The first-order valence-corrected chi connectivity index (χ1v) is 12.5. The summed E-state index contributed by atoms with van der Waals surface area (Å²) in [6.45, 7) is 5.03. The molecule has 0 unspecified atom stereocenters. The van der Waals surface area contributed by atoms with Gasteiger partial charge in [0.25, 0.3) is 5.56 Å². The number of hydrogen-bond acceptors (Lipinski definition) is 7. The maximum absolute atomic E-state index is 12.7. The molecule has 1 aromatic carbocycles. The van der Waals surface area contributed by atoms with Gasteiger partial charge in [-0.05, 0) is 36.1 Å². The standard InChI is InChI=1S/C22H21ClN6O2S2/c1-14-16(23)4-2-5-17(14)25-21(31)28-9-7-27(8-10-28)13-15-12-19(30)29-22(24-15)33-20(26-29)18-6-3-11-32-18/h2-6,11-12H,7-10,13H2,1H3,(H,25,31).